The molecular weight excluding hydrogens is 292 g/mol. The summed E-state index contributed by atoms with van der Waals surface area (Å²) in [6.45, 7) is 1.31. The van der Waals surface area contributed by atoms with Gasteiger partial charge in [-0.25, -0.2) is 4.79 Å². The largest absolute Gasteiger partial charge is 0.493 e. The van der Waals surface area contributed by atoms with Crippen LogP contribution in [0.15, 0.2) is 48.5 Å². The lowest BCUT2D eigenvalue weighted by Crippen LogP contribution is -2.37. The van der Waals surface area contributed by atoms with E-state index in [1.165, 1.54) is 0 Å². The lowest BCUT2D eigenvalue weighted by atomic mass is 10.0. The number of ether oxygens (including phenoxy) is 1. The molecule has 5 nitrogen and oxygen atoms in total. The van der Waals surface area contributed by atoms with Gasteiger partial charge in [0.15, 0.2) is 0 Å². The molecule has 0 radical (unpaired) electrons. The molecule has 1 aliphatic heterocycles. The highest BCUT2D eigenvalue weighted by Gasteiger charge is 2.15. The molecule has 1 atom stereocenters. The second-order valence-electron chi connectivity index (χ2n) is 5.53. The molecule has 2 amide bonds. The van der Waals surface area contributed by atoms with E-state index >= 15 is 0 Å². The molecule has 0 aliphatic carbocycles. The Labute approximate surface area is 135 Å². The van der Waals surface area contributed by atoms with Gasteiger partial charge in [-0.3, -0.25) is 0 Å². The molecule has 1 aliphatic rings. The van der Waals surface area contributed by atoms with E-state index in [1.807, 2.05) is 48.5 Å². The minimum absolute atomic E-state index is 0.167. The molecule has 5 heteroatoms. The molecule has 2 aromatic carbocycles. The van der Waals surface area contributed by atoms with Crippen molar-refractivity contribution >= 4 is 6.03 Å². The van der Waals surface area contributed by atoms with Crippen molar-refractivity contribution in [3.63, 3.8) is 0 Å². The van der Waals surface area contributed by atoms with Crippen molar-refractivity contribution < 1.29 is 14.6 Å². The molecule has 0 saturated carbocycles. The summed E-state index contributed by atoms with van der Waals surface area (Å²) in [6.07, 6.45) is 0.129. The SMILES string of the molecule is O=C(NCc1ccccc1)NCC(O)c1ccc2c(c1)CCO2. The van der Waals surface area contributed by atoms with E-state index in [2.05, 4.69) is 10.6 Å². The number of aliphatic hydroxyl groups excluding tert-OH is 1. The minimum Gasteiger partial charge on any atom is -0.493 e. The zero-order valence-electron chi connectivity index (χ0n) is 12.8. The number of hydrogen-bond donors (Lipinski definition) is 3. The van der Waals surface area contributed by atoms with E-state index in [1.54, 1.807) is 0 Å². The Hall–Kier alpha value is -2.53. The van der Waals surface area contributed by atoms with Crippen molar-refractivity contribution in [2.24, 2.45) is 0 Å². The lowest BCUT2D eigenvalue weighted by Gasteiger charge is -2.14. The van der Waals surface area contributed by atoms with Crippen molar-refractivity contribution in [2.45, 2.75) is 19.1 Å². The number of carbonyl (C=O) groups is 1. The van der Waals surface area contributed by atoms with E-state index in [-0.39, 0.29) is 12.6 Å². The van der Waals surface area contributed by atoms with E-state index in [4.69, 9.17) is 4.74 Å². The smallest absolute Gasteiger partial charge is 0.315 e. The summed E-state index contributed by atoms with van der Waals surface area (Å²) in [4.78, 5) is 11.8. The number of urea groups is 1. The molecule has 0 bridgehead atoms. The Morgan fingerprint density at radius 2 is 2.00 bits per heavy atom. The Balaban J connectivity index is 1.47. The van der Waals surface area contributed by atoms with Crippen molar-refractivity contribution in [3.05, 3.63) is 65.2 Å². The highest BCUT2D eigenvalue weighted by atomic mass is 16.5. The number of carbonyl (C=O) groups excluding carboxylic acids is 1. The minimum atomic E-state index is -0.733. The molecule has 23 heavy (non-hydrogen) atoms. The maximum atomic E-state index is 11.8. The highest BCUT2D eigenvalue weighted by molar-refractivity contribution is 5.73. The quantitative estimate of drug-likeness (QED) is 0.792. The lowest BCUT2D eigenvalue weighted by molar-refractivity contribution is 0.173. The van der Waals surface area contributed by atoms with Crippen molar-refractivity contribution in [1.29, 1.82) is 0 Å². The fraction of sp³-hybridized carbons (Fsp3) is 0.278. The number of benzene rings is 2. The molecule has 120 valence electrons. The highest BCUT2D eigenvalue weighted by Crippen LogP contribution is 2.27. The van der Waals surface area contributed by atoms with Crippen molar-refractivity contribution in [3.8, 4) is 5.75 Å². The van der Waals surface area contributed by atoms with E-state index < -0.39 is 6.10 Å². The summed E-state index contributed by atoms with van der Waals surface area (Å²) in [7, 11) is 0. The number of nitrogens with one attached hydrogen (secondary N) is 2. The van der Waals surface area contributed by atoms with Gasteiger partial charge in [0.05, 0.1) is 12.7 Å². The van der Waals surface area contributed by atoms with Gasteiger partial charge >= 0.3 is 6.03 Å². The summed E-state index contributed by atoms with van der Waals surface area (Å²) in [5.74, 6) is 0.884. The number of hydrogen-bond acceptors (Lipinski definition) is 3. The van der Waals surface area contributed by atoms with Gasteiger partial charge in [-0.15, -0.1) is 0 Å². The molecule has 0 aromatic heterocycles. The Kier molecular flexibility index (Phi) is 4.78. The monoisotopic (exact) mass is 312 g/mol. The summed E-state index contributed by atoms with van der Waals surface area (Å²) < 4.78 is 5.44. The van der Waals surface area contributed by atoms with Crippen LogP contribution in [0.4, 0.5) is 4.79 Å². The first-order valence-electron chi connectivity index (χ1n) is 7.71. The summed E-state index contributed by atoms with van der Waals surface area (Å²) in [5.41, 5.74) is 2.93. The second-order valence-corrected chi connectivity index (χ2v) is 5.53. The normalized spacial score (nSPS) is 13.8. The van der Waals surface area contributed by atoms with Crippen LogP contribution in [0.5, 0.6) is 5.75 Å². The van der Waals surface area contributed by atoms with Gasteiger partial charge in [0.1, 0.15) is 5.75 Å². The van der Waals surface area contributed by atoms with Crippen LogP contribution in [-0.4, -0.2) is 24.3 Å². The third-order valence-corrected chi connectivity index (χ3v) is 3.85. The first-order valence-corrected chi connectivity index (χ1v) is 7.71. The van der Waals surface area contributed by atoms with Gasteiger partial charge in [0, 0.05) is 19.5 Å². The van der Waals surface area contributed by atoms with Crippen LogP contribution < -0.4 is 15.4 Å². The molecule has 0 fully saturated rings. The second kappa shape index (κ2) is 7.15. The van der Waals surface area contributed by atoms with Gasteiger partial charge in [0.25, 0.3) is 0 Å². The summed E-state index contributed by atoms with van der Waals surface area (Å²) >= 11 is 0. The third kappa shape index (κ3) is 4.02. The molecule has 3 rings (SSSR count). The predicted molar refractivity (Wildman–Crippen MR) is 87.3 cm³/mol. The van der Waals surface area contributed by atoms with E-state index in [0.29, 0.717) is 13.2 Å². The number of rotatable bonds is 5. The number of fused-ring (bicyclic) bond motifs is 1. The fourth-order valence-corrected chi connectivity index (χ4v) is 2.56. The number of aliphatic hydroxyl groups is 1. The third-order valence-electron chi connectivity index (χ3n) is 3.85. The first-order chi connectivity index (χ1) is 11.2. The van der Waals surface area contributed by atoms with E-state index in [0.717, 1.165) is 28.9 Å². The van der Waals surface area contributed by atoms with Gasteiger partial charge in [-0.2, -0.15) is 0 Å². The van der Waals surface area contributed by atoms with Crippen molar-refractivity contribution in [2.75, 3.05) is 13.2 Å². The molecular formula is C18H20N2O3. The fourth-order valence-electron chi connectivity index (χ4n) is 2.56. The van der Waals surface area contributed by atoms with E-state index in [9.17, 15) is 9.90 Å². The van der Waals surface area contributed by atoms with Crippen LogP contribution >= 0.6 is 0 Å². The standard InChI is InChI=1S/C18H20N2O3/c21-16(14-6-7-17-15(10-14)8-9-23-17)12-20-18(22)19-11-13-4-2-1-3-5-13/h1-7,10,16,21H,8-9,11-12H2,(H2,19,20,22). The zero-order valence-corrected chi connectivity index (χ0v) is 12.8. The van der Waals surface area contributed by atoms with Crippen LogP contribution in [0.2, 0.25) is 0 Å². The summed E-state index contributed by atoms with van der Waals surface area (Å²) in [5, 5.41) is 15.7. The molecule has 1 heterocycles. The van der Waals surface area contributed by atoms with Crippen LogP contribution in [0.25, 0.3) is 0 Å². The van der Waals surface area contributed by atoms with Gasteiger partial charge in [-0.05, 0) is 28.8 Å². The van der Waals surface area contributed by atoms with Crippen LogP contribution in [0.3, 0.4) is 0 Å². The van der Waals surface area contributed by atoms with Gasteiger partial charge in [-0.1, -0.05) is 36.4 Å². The first kappa shape index (κ1) is 15.4. The molecule has 2 aromatic rings. The number of amides is 2. The Morgan fingerprint density at radius 1 is 1.17 bits per heavy atom. The molecule has 3 N–H and O–H groups in total. The molecule has 0 saturated heterocycles. The van der Waals surface area contributed by atoms with Gasteiger partial charge in [0.2, 0.25) is 0 Å². The average molecular weight is 312 g/mol. The molecule has 0 spiro atoms. The zero-order chi connectivity index (χ0) is 16.1. The average Bonchev–Trinajstić information content (AvgIpc) is 3.06. The Bertz CT molecular complexity index is 673. The maximum absolute atomic E-state index is 11.8. The maximum Gasteiger partial charge on any atom is 0.315 e. The van der Waals surface area contributed by atoms with Crippen LogP contribution in [-0.2, 0) is 13.0 Å². The van der Waals surface area contributed by atoms with Crippen LogP contribution in [0, 0.1) is 0 Å². The van der Waals surface area contributed by atoms with Crippen molar-refractivity contribution in [1.82, 2.24) is 10.6 Å². The molecule has 1 unspecified atom stereocenters. The predicted octanol–water partition coefficient (Wildman–Crippen LogP) is 2.15. The Morgan fingerprint density at radius 3 is 2.83 bits per heavy atom. The van der Waals surface area contributed by atoms with Gasteiger partial charge < -0.3 is 20.5 Å². The topological polar surface area (TPSA) is 70.6 Å². The summed E-state index contributed by atoms with van der Waals surface area (Å²) in [6, 6.07) is 15.0. The van der Waals surface area contributed by atoms with Crippen LogP contribution in [0.1, 0.15) is 22.8 Å².